The van der Waals surface area contributed by atoms with Crippen LogP contribution in [0.5, 0.6) is 0 Å². The molecule has 0 bridgehead atoms. The minimum Gasteiger partial charge on any atom is -0.378 e. The molecule has 3 nitrogen and oxygen atoms in total. The summed E-state index contributed by atoms with van der Waals surface area (Å²) in [6, 6.07) is 11.5. The molecule has 1 amide bonds. The number of nitrogens with two attached hydrogens (primary N) is 1. The number of benzene rings is 1. The number of nitrogens with one attached hydrogen (secondary N) is 1. The van der Waals surface area contributed by atoms with Crippen molar-refractivity contribution in [3.05, 3.63) is 50.6 Å². The first-order valence-electron chi connectivity index (χ1n) is 5.48. The smallest absolute Gasteiger partial charge is 0.248 e. The van der Waals surface area contributed by atoms with Gasteiger partial charge in [0.05, 0.1) is 9.83 Å². The molecule has 0 radical (unpaired) electrons. The van der Waals surface area contributed by atoms with Crippen molar-refractivity contribution in [1.82, 2.24) is 0 Å². The highest BCUT2D eigenvalue weighted by molar-refractivity contribution is 9.11. The number of thiophene rings is 1. The number of hydrogen-bond donors (Lipinski definition) is 2. The molecule has 3 N–H and O–H groups in total. The van der Waals surface area contributed by atoms with E-state index in [0.717, 1.165) is 9.47 Å². The first kappa shape index (κ1) is 13.1. The lowest BCUT2D eigenvalue weighted by Crippen LogP contribution is -2.12. The van der Waals surface area contributed by atoms with Gasteiger partial charge in [-0.25, -0.2) is 0 Å². The Morgan fingerprint density at radius 3 is 2.78 bits per heavy atom. The third kappa shape index (κ3) is 3.11. The molecule has 0 spiro atoms. The lowest BCUT2D eigenvalue weighted by Gasteiger charge is -2.14. The summed E-state index contributed by atoms with van der Waals surface area (Å²) in [5, 5.41) is 3.35. The second-order valence-corrected chi connectivity index (χ2v) is 6.45. The Hall–Kier alpha value is -1.33. The van der Waals surface area contributed by atoms with Crippen molar-refractivity contribution in [3.8, 4) is 0 Å². The van der Waals surface area contributed by atoms with Crippen molar-refractivity contribution in [1.29, 1.82) is 0 Å². The summed E-state index contributed by atoms with van der Waals surface area (Å²) in [6.45, 7) is 2.08. The zero-order chi connectivity index (χ0) is 13.1. The van der Waals surface area contributed by atoms with Gasteiger partial charge in [-0.1, -0.05) is 6.07 Å². The Morgan fingerprint density at radius 2 is 2.17 bits per heavy atom. The molecule has 0 saturated carbocycles. The monoisotopic (exact) mass is 324 g/mol. The second-order valence-electron chi connectivity index (χ2n) is 3.95. The summed E-state index contributed by atoms with van der Waals surface area (Å²) < 4.78 is 1.11. The van der Waals surface area contributed by atoms with Gasteiger partial charge in [-0.3, -0.25) is 4.79 Å². The summed E-state index contributed by atoms with van der Waals surface area (Å²) in [5.41, 5.74) is 6.66. The molecule has 0 aliphatic rings. The largest absolute Gasteiger partial charge is 0.378 e. The summed E-state index contributed by atoms with van der Waals surface area (Å²) >= 11 is 5.13. The summed E-state index contributed by atoms with van der Waals surface area (Å²) in [6.07, 6.45) is 0. The van der Waals surface area contributed by atoms with Crippen LogP contribution < -0.4 is 11.1 Å². The van der Waals surface area contributed by atoms with Crippen LogP contribution in [0.15, 0.2) is 40.2 Å². The Morgan fingerprint density at radius 1 is 1.39 bits per heavy atom. The standard InChI is InChI=1S/C13H13BrN2OS/c1-8(11-5-6-12(14)18-11)16-10-4-2-3-9(7-10)13(15)17/h2-8,16H,1H3,(H2,15,17). The molecule has 0 saturated heterocycles. The molecule has 2 aromatic rings. The maximum atomic E-state index is 11.1. The number of rotatable bonds is 4. The molecule has 0 aliphatic heterocycles. The molecular weight excluding hydrogens is 312 g/mol. The van der Waals surface area contributed by atoms with Crippen LogP contribution in [0, 0.1) is 0 Å². The average molecular weight is 325 g/mol. The zero-order valence-corrected chi connectivity index (χ0v) is 12.2. The number of halogens is 1. The van der Waals surface area contributed by atoms with Crippen molar-refractivity contribution < 1.29 is 4.79 Å². The summed E-state index contributed by atoms with van der Waals surface area (Å²) in [7, 11) is 0. The van der Waals surface area contributed by atoms with E-state index in [-0.39, 0.29) is 6.04 Å². The first-order chi connectivity index (χ1) is 8.56. The van der Waals surface area contributed by atoms with Crippen molar-refractivity contribution >= 4 is 38.9 Å². The van der Waals surface area contributed by atoms with Crippen LogP contribution in [0.3, 0.4) is 0 Å². The fourth-order valence-electron chi connectivity index (χ4n) is 1.64. The van der Waals surface area contributed by atoms with Gasteiger partial charge in [0.2, 0.25) is 5.91 Å². The van der Waals surface area contributed by atoms with E-state index in [1.807, 2.05) is 18.2 Å². The fourth-order valence-corrected chi connectivity index (χ4v) is 3.07. The normalized spacial score (nSPS) is 12.1. The zero-order valence-electron chi connectivity index (χ0n) is 9.81. The van der Waals surface area contributed by atoms with Crippen LogP contribution in [0.1, 0.15) is 28.2 Å². The van der Waals surface area contributed by atoms with Crippen LogP contribution in [-0.2, 0) is 0 Å². The Kier molecular flexibility index (Phi) is 4.04. The number of carbonyl (C=O) groups is 1. The van der Waals surface area contributed by atoms with Gasteiger partial charge in [0.1, 0.15) is 0 Å². The number of primary amides is 1. The van der Waals surface area contributed by atoms with Gasteiger partial charge in [0, 0.05) is 16.1 Å². The number of anilines is 1. The van der Waals surface area contributed by atoms with Gasteiger partial charge in [0.15, 0.2) is 0 Å². The third-order valence-corrected chi connectivity index (χ3v) is 4.36. The van der Waals surface area contributed by atoms with Crippen LogP contribution in [0.2, 0.25) is 0 Å². The molecule has 2 rings (SSSR count). The first-order valence-corrected chi connectivity index (χ1v) is 7.09. The van der Waals surface area contributed by atoms with Gasteiger partial charge in [-0.2, -0.15) is 0 Å². The molecular formula is C13H13BrN2OS. The van der Waals surface area contributed by atoms with E-state index in [0.29, 0.717) is 5.56 Å². The lowest BCUT2D eigenvalue weighted by atomic mass is 10.1. The number of hydrogen-bond acceptors (Lipinski definition) is 3. The van der Waals surface area contributed by atoms with E-state index in [1.165, 1.54) is 4.88 Å². The molecule has 0 fully saturated rings. The number of amides is 1. The highest BCUT2D eigenvalue weighted by Gasteiger charge is 2.09. The molecule has 1 atom stereocenters. The molecule has 94 valence electrons. The van der Waals surface area contributed by atoms with E-state index in [1.54, 1.807) is 23.5 Å². The SMILES string of the molecule is CC(Nc1cccc(C(N)=O)c1)c1ccc(Br)s1. The topological polar surface area (TPSA) is 55.1 Å². The molecule has 1 aromatic heterocycles. The minimum atomic E-state index is -0.412. The maximum absolute atomic E-state index is 11.1. The van der Waals surface area contributed by atoms with E-state index < -0.39 is 5.91 Å². The van der Waals surface area contributed by atoms with Crippen molar-refractivity contribution in [2.24, 2.45) is 5.73 Å². The molecule has 0 aliphatic carbocycles. The van der Waals surface area contributed by atoms with Crippen LogP contribution in [-0.4, -0.2) is 5.91 Å². The van der Waals surface area contributed by atoms with E-state index >= 15 is 0 Å². The summed E-state index contributed by atoms with van der Waals surface area (Å²) in [4.78, 5) is 12.3. The van der Waals surface area contributed by atoms with Crippen molar-refractivity contribution in [2.75, 3.05) is 5.32 Å². The highest BCUT2D eigenvalue weighted by Crippen LogP contribution is 2.29. The van der Waals surface area contributed by atoms with Crippen LogP contribution in [0.25, 0.3) is 0 Å². The Labute approximate surface area is 118 Å². The van der Waals surface area contributed by atoms with Gasteiger partial charge >= 0.3 is 0 Å². The molecule has 1 aromatic carbocycles. The predicted octanol–water partition coefficient (Wildman–Crippen LogP) is 3.78. The predicted molar refractivity (Wildman–Crippen MR) is 79.0 cm³/mol. The molecule has 1 heterocycles. The van der Waals surface area contributed by atoms with Crippen LogP contribution >= 0.6 is 27.3 Å². The Balaban J connectivity index is 2.14. The molecule has 5 heteroatoms. The van der Waals surface area contributed by atoms with Gasteiger partial charge in [-0.05, 0) is 53.2 Å². The molecule has 1 unspecified atom stereocenters. The van der Waals surface area contributed by atoms with Gasteiger partial charge < -0.3 is 11.1 Å². The maximum Gasteiger partial charge on any atom is 0.248 e. The number of carbonyl (C=O) groups excluding carboxylic acids is 1. The van der Waals surface area contributed by atoms with Crippen molar-refractivity contribution in [2.45, 2.75) is 13.0 Å². The van der Waals surface area contributed by atoms with Crippen LogP contribution in [0.4, 0.5) is 5.69 Å². The lowest BCUT2D eigenvalue weighted by molar-refractivity contribution is 0.100. The Bertz CT molecular complexity index is 568. The quantitative estimate of drug-likeness (QED) is 0.899. The van der Waals surface area contributed by atoms with E-state index in [4.69, 9.17) is 5.73 Å². The van der Waals surface area contributed by atoms with Crippen molar-refractivity contribution in [3.63, 3.8) is 0 Å². The summed E-state index contributed by atoms with van der Waals surface area (Å²) in [5.74, 6) is -0.412. The van der Waals surface area contributed by atoms with Gasteiger partial charge in [0.25, 0.3) is 0 Å². The molecule has 18 heavy (non-hydrogen) atoms. The third-order valence-electron chi connectivity index (χ3n) is 2.55. The average Bonchev–Trinajstić information content (AvgIpc) is 2.76. The van der Waals surface area contributed by atoms with Gasteiger partial charge in [-0.15, -0.1) is 11.3 Å². The minimum absolute atomic E-state index is 0.185. The fraction of sp³-hybridized carbons (Fsp3) is 0.154. The van der Waals surface area contributed by atoms with E-state index in [2.05, 4.69) is 34.2 Å². The van der Waals surface area contributed by atoms with E-state index in [9.17, 15) is 4.79 Å². The second kappa shape index (κ2) is 5.54. The highest BCUT2D eigenvalue weighted by atomic mass is 79.9.